The van der Waals surface area contributed by atoms with Crippen LogP contribution < -0.4 is 0 Å². The van der Waals surface area contributed by atoms with Crippen LogP contribution >= 0.6 is 0 Å². The zero-order chi connectivity index (χ0) is 21.6. The highest BCUT2D eigenvalue weighted by atomic mass is 32.2. The molecule has 3 rings (SSSR count). The third kappa shape index (κ3) is 5.00. The molecule has 1 N–H and O–H groups in total. The van der Waals surface area contributed by atoms with Gasteiger partial charge in [0.25, 0.3) is 0 Å². The summed E-state index contributed by atoms with van der Waals surface area (Å²) in [4.78, 5) is 12.3. The Balaban J connectivity index is 2.03. The van der Waals surface area contributed by atoms with E-state index in [9.17, 15) is 18.3 Å². The van der Waals surface area contributed by atoms with E-state index in [2.05, 4.69) is 0 Å². The van der Waals surface area contributed by atoms with E-state index in [0.29, 0.717) is 31.3 Å². The second-order valence-corrected chi connectivity index (χ2v) is 9.43. The maximum Gasteiger partial charge on any atom is 0.337 e. The van der Waals surface area contributed by atoms with Crippen LogP contribution in [0.2, 0.25) is 0 Å². The van der Waals surface area contributed by atoms with E-state index in [4.69, 9.17) is 4.74 Å². The highest BCUT2D eigenvalue weighted by molar-refractivity contribution is 7.92. The summed E-state index contributed by atoms with van der Waals surface area (Å²) in [6, 6.07) is 18.2. The third-order valence-corrected chi connectivity index (χ3v) is 7.58. The van der Waals surface area contributed by atoms with Gasteiger partial charge in [-0.3, -0.25) is 0 Å². The van der Waals surface area contributed by atoms with Crippen LogP contribution in [0.5, 0.6) is 0 Å². The van der Waals surface area contributed by atoms with Gasteiger partial charge < -0.3 is 9.84 Å². The minimum atomic E-state index is -3.64. The van der Waals surface area contributed by atoms with Gasteiger partial charge in [-0.05, 0) is 61.4 Å². The minimum Gasteiger partial charge on any atom is -0.507 e. The molecular formula is C24H26O5S. The van der Waals surface area contributed by atoms with E-state index < -0.39 is 21.1 Å². The molecule has 5 nitrogen and oxygen atoms in total. The van der Waals surface area contributed by atoms with Crippen molar-refractivity contribution in [2.24, 2.45) is 0 Å². The molecule has 1 aliphatic carbocycles. The number of ether oxygens (including phenoxy) is 1. The summed E-state index contributed by atoms with van der Waals surface area (Å²) < 4.78 is 31.6. The Morgan fingerprint density at radius 2 is 1.67 bits per heavy atom. The first-order valence-electron chi connectivity index (χ1n) is 9.97. The molecule has 1 aliphatic rings. The average Bonchev–Trinajstić information content (AvgIpc) is 2.76. The number of aryl methyl sites for hydroxylation is 1. The van der Waals surface area contributed by atoms with Crippen molar-refractivity contribution in [3.63, 3.8) is 0 Å². The van der Waals surface area contributed by atoms with Crippen molar-refractivity contribution in [3.8, 4) is 0 Å². The van der Waals surface area contributed by atoms with Crippen molar-refractivity contribution in [3.05, 3.63) is 89.2 Å². The number of hydrogen-bond donors (Lipinski definition) is 1. The Morgan fingerprint density at radius 3 is 2.30 bits per heavy atom. The largest absolute Gasteiger partial charge is 0.507 e. The Kier molecular flexibility index (Phi) is 7.11. The van der Waals surface area contributed by atoms with Crippen LogP contribution in [-0.4, -0.2) is 31.9 Å². The van der Waals surface area contributed by atoms with Crippen LogP contribution in [0.15, 0.2) is 88.5 Å². The van der Waals surface area contributed by atoms with Gasteiger partial charge in [0, 0.05) is 0 Å². The van der Waals surface area contributed by atoms with E-state index in [1.165, 1.54) is 13.2 Å². The summed E-state index contributed by atoms with van der Waals surface area (Å²) in [5, 5.41) is 9.85. The summed E-state index contributed by atoms with van der Waals surface area (Å²) in [7, 11) is -2.37. The number of carbonyl (C=O) groups excluding carboxylic acids is 1. The van der Waals surface area contributed by atoms with Crippen molar-refractivity contribution in [2.45, 2.75) is 42.2 Å². The van der Waals surface area contributed by atoms with Crippen LogP contribution in [0.3, 0.4) is 0 Å². The molecule has 1 unspecified atom stereocenters. The fourth-order valence-corrected chi connectivity index (χ4v) is 5.69. The van der Waals surface area contributed by atoms with Crippen LogP contribution in [-0.2, 0) is 25.8 Å². The lowest BCUT2D eigenvalue weighted by molar-refractivity contribution is -0.136. The molecule has 0 saturated heterocycles. The second-order valence-electron chi connectivity index (χ2n) is 7.30. The van der Waals surface area contributed by atoms with Gasteiger partial charge in [0.05, 0.1) is 22.8 Å². The van der Waals surface area contributed by atoms with Gasteiger partial charge in [0.15, 0.2) is 9.84 Å². The fraction of sp³-hybridized carbons (Fsp3) is 0.292. The number of rotatable bonds is 6. The molecule has 0 spiro atoms. The number of esters is 1. The Bertz CT molecular complexity index is 1040. The molecule has 0 amide bonds. The number of sulfone groups is 1. The zero-order valence-electron chi connectivity index (χ0n) is 17.0. The molecule has 6 heteroatoms. The van der Waals surface area contributed by atoms with Gasteiger partial charge in [0.2, 0.25) is 0 Å². The molecule has 1 atom stereocenters. The first-order valence-corrected chi connectivity index (χ1v) is 11.5. The Hall–Kier alpha value is -2.86. The molecule has 0 aliphatic heterocycles. The first kappa shape index (κ1) is 21.8. The topological polar surface area (TPSA) is 80.7 Å². The minimum absolute atomic E-state index is 0.185. The quantitative estimate of drug-likeness (QED) is 0.685. The molecule has 0 heterocycles. The van der Waals surface area contributed by atoms with Gasteiger partial charge in [-0.1, -0.05) is 48.5 Å². The first-order chi connectivity index (χ1) is 14.4. The van der Waals surface area contributed by atoms with Crippen molar-refractivity contribution in [1.29, 1.82) is 0 Å². The lowest BCUT2D eigenvalue weighted by atomic mass is 9.94. The van der Waals surface area contributed by atoms with Gasteiger partial charge in [0.1, 0.15) is 5.76 Å². The maximum absolute atomic E-state index is 13.4. The van der Waals surface area contributed by atoms with Crippen LogP contribution in [0.1, 0.15) is 31.2 Å². The molecular weight excluding hydrogens is 400 g/mol. The number of benzene rings is 2. The highest BCUT2D eigenvalue weighted by Gasteiger charge is 2.32. The monoisotopic (exact) mass is 426 g/mol. The highest BCUT2D eigenvalue weighted by Crippen LogP contribution is 2.32. The molecule has 158 valence electrons. The molecule has 30 heavy (non-hydrogen) atoms. The Labute approximate surface area is 177 Å². The zero-order valence-corrected chi connectivity index (χ0v) is 17.8. The Morgan fingerprint density at radius 1 is 1.03 bits per heavy atom. The van der Waals surface area contributed by atoms with E-state index in [-0.39, 0.29) is 22.6 Å². The van der Waals surface area contributed by atoms with E-state index in [1.54, 1.807) is 30.3 Å². The average molecular weight is 427 g/mol. The predicted molar refractivity (Wildman–Crippen MR) is 116 cm³/mol. The van der Waals surface area contributed by atoms with Crippen molar-refractivity contribution < 1.29 is 23.1 Å². The molecule has 0 bridgehead atoms. The van der Waals surface area contributed by atoms with Gasteiger partial charge in [-0.2, -0.15) is 0 Å². The number of allylic oxidation sites excluding steroid dienone is 1. The number of aliphatic hydroxyl groups is 1. The maximum atomic E-state index is 13.4. The normalized spacial score (nSPS) is 21.8. The van der Waals surface area contributed by atoms with Crippen LogP contribution in [0.4, 0.5) is 0 Å². The van der Waals surface area contributed by atoms with Gasteiger partial charge >= 0.3 is 5.97 Å². The van der Waals surface area contributed by atoms with Crippen molar-refractivity contribution in [2.75, 3.05) is 7.11 Å². The van der Waals surface area contributed by atoms with Gasteiger partial charge in [-0.15, -0.1) is 0 Å². The summed E-state index contributed by atoms with van der Waals surface area (Å²) in [6.07, 6.45) is 3.63. The van der Waals surface area contributed by atoms with Crippen molar-refractivity contribution in [1.82, 2.24) is 0 Å². The summed E-state index contributed by atoms with van der Waals surface area (Å²) in [5.41, 5.74) is 1.86. The standard InChI is InChI=1S/C24H26O5S/c1-29-24(26)21-13-8-14-23(30(27,28)20-11-6-3-7-12-20)19(17-22(21)25)16-15-18-9-4-2-5-10-18/h2-7,9-12,17,23,25H,8,13-16H2,1H3/b19-17-,22-21-. The van der Waals surface area contributed by atoms with Crippen LogP contribution in [0.25, 0.3) is 0 Å². The fourth-order valence-electron chi connectivity index (χ4n) is 3.76. The summed E-state index contributed by atoms with van der Waals surface area (Å²) >= 11 is 0. The molecule has 0 fully saturated rings. The number of hydrogen-bond acceptors (Lipinski definition) is 5. The van der Waals surface area contributed by atoms with E-state index in [1.807, 2.05) is 30.3 Å². The SMILES string of the molecule is COC(=O)/C1=C(O)/C=C(/CCc2ccccc2)C(S(=O)(=O)c2ccccc2)CCC1. The van der Waals surface area contributed by atoms with Gasteiger partial charge in [-0.25, -0.2) is 13.2 Å². The smallest absolute Gasteiger partial charge is 0.337 e. The number of aliphatic hydroxyl groups excluding tert-OH is 1. The third-order valence-electron chi connectivity index (χ3n) is 5.36. The molecule has 2 aromatic carbocycles. The molecule has 0 aromatic heterocycles. The molecule has 2 aromatic rings. The molecule has 0 radical (unpaired) electrons. The number of methoxy groups -OCH3 is 1. The van der Waals surface area contributed by atoms with Crippen LogP contribution in [0, 0.1) is 0 Å². The lowest BCUT2D eigenvalue weighted by Gasteiger charge is -2.24. The summed E-state index contributed by atoms with van der Waals surface area (Å²) in [6.45, 7) is 0. The van der Waals surface area contributed by atoms with E-state index >= 15 is 0 Å². The molecule has 0 saturated carbocycles. The summed E-state index contributed by atoms with van der Waals surface area (Å²) in [5.74, 6) is -0.798. The van der Waals surface area contributed by atoms with E-state index in [0.717, 1.165) is 5.56 Å². The lowest BCUT2D eigenvalue weighted by Crippen LogP contribution is -2.26. The number of carbonyl (C=O) groups is 1. The predicted octanol–water partition coefficient (Wildman–Crippen LogP) is 4.56. The second kappa shape index (κ2) is 9.76. The van der Waals surface area contributed by atoms with Crippen molar-refractivity contribution >= 4 is 15.8 Å².